The number of carbonyl (C=O) groups is 1. The zero-order chi connectivity index (χ0) is 10.8. The summed E-state index contributed by atoms with van der Waals surface area (Å²) in [6.07, 6.45) is 2.34. The fraction of sp³-hybridized carbons (Fsp3) is 0.500. The fourth-order valence-corrected chi connectivity index (χ4v) is 1.83. The Kier molecular flexibility index (Phi) is 2.42. The Balaban J connectivity index is 2.13. The predicted molar refractivity (Wildman–Crippen MR) is 53.7 cm³/mol. The number of nitrogens with zero attached hydrogens (tertiary/aromatic N) is 3. The molecule has 1 amide bonds. The lowest BCUT2D eigenvalue weighted by molar-refractivity contribution is -0.116. The summed E-state index contributed by atoms with van der Waals surface area (Å²) >= 11 is 0. The lowest BCUT2D eigenvalue weighted by Crippen LogP contribution is -2.26. The number of rotatable bonds is 1. The number of fused-ring (bicyclic) bond motifs is 1. The third kappa shape index (κ3) is 1.71. The molecule has 0 saturated carbocycles. The van der Waals surface area contributed by atoms with Crippen LogP contribution in [-0.2, 0) is 4.79 Å². The minimum atomic E-state index is -0.258. The van der Waals surface area contributed by atoms with E-state index < -0.39 is 0 Å². The van der Waals surface area contributed by atoms with E-state index in [2.05, 4.69) is 34.2 Å². The molecular formula is C10H12N4O. The molecule has 1 aliphatic rings. The van der Waals surface area contributed by atoms with Gasteiger partial charge in [0, 0.05) is 0 Å². The number of carbonyl (C=O) groups excluding carboxylic acids is 1. The normalized spacial score (nSPS) is 22.8. The molecule has 0 spiro atoms. The van der Waals surface area contributed by atoms with Gasteiger partial charge >= 0.3 is 0 Å². The van der Waals surface area contributed by atoms with E-state index in [0.717, 1.165) is 12.2 Å². The second-order valence-electron chi connectivity index (χ2n) is 3.55. The molecule has 1 aromatic rings. The van der Waals surface area contributed by atoms with Crippen LogP contribution in [0.1, 0.15) is 38.2 Å². The highest BCUT2D eigenvalue weighted by molar-refractivity contribution is 5.93. The van der Waals surface area contributed by atoms with Crippen LogP contribution in [0.25, 0.3) is 0 Å². The molecule has 78 valence electrons. The largest absolute Gasteiger partial charge is 0.335 e. The molecule has 0 saturated heterocycles. The zero-order valence-electron chi connectivity index (χ0n) is 8.69. The van der Waals surface area contributed by atoms with Crippen molar-refractivity contribution in [3.05, 3.63) is 12.2 Å². The lowest BCUT2D eigenvalue weighted by atomic mass is 10.2. The van der Waals surface area contributed by atoms with Gasteiger partial charge in [-0.15, -0.1) is 0 Å². The van der Waals surface area contributed by atoms with Crippen LogP contribution in [0.3, 0.4) is 0 Å². The quantitative estimate of drug-likeness (QED) is 0.674. The molecule has 2 rings (SSSR count). The second-order valence-corrected chi connectivity index (χ2v) is 3.55. The van der Waals surface area contributed by atoms with E-state index in [9.17, 15) is 4.79 Å². The van der Waals surface area contributed by atoms with Crippen molar-refractivity contribution in [2.75, 3.05) is 0 Å². The van der Waals surface area contributed by atoms with Crippen molar-refractivity contribution in [1.82, 2.24) is 20.1 Å². The van der Waals surface area contributed by atoms with E-state index in [-0.39, 0.29) is 18.0 Å². The lowest BCUT2D eigenvalue weighted by Gasteiger charge is -2.07. The van der Waals surface area contributed by atoms with Crippen molar-refractivity contribution in [2.24, 2.45) is 0 Å². The van der Waals surface area contributed by atoms with Crippen LogP contribution in [0, 0.1) is 11.8 Å². The number of aromatic nitrogens is 3. The number of amides is 1. The maximum Gasteiger partial charge on any atom is 0.296 e. The summed E-state index contributed by atoms with van der Waals surface area (Å²) in [4.78, 5) is 15.4. The van der Waals surface area contributed by atoms with Crippen LogP contribution < -0.4 is 5.32 Å². The van der Waals surface area contributed by atoms with Crippen LogP contribution in [0.4, 0.5) is 0 Å². The van der Waals surface area contributed by atoms with Crippen molar-refractivity contribution >= 4 is 5.91 Å². The smallest absolute Gasteiger partial charge is 0.296 e. The van der Waals surface area contributed by atoms with Gasteiger partial charge in [-0.25, -0.2) is 9.67 Å². The first-order chi connectivity index (χ1) is 7.22. The second kappa shape index (κ2) is 3.73. The van der Waals surface area contributed by atoms with Gasteiger partial charge in [0.15, 0.2) is 0 Å². The Labute approximate surface area is 87.9 Å². The monoisotopic (exact) mass is 204 g/mol. The first-order valence-electron chi connectivity index (χ1n) is 4.85. The summed E-state index contributed by atoms with van der Waals surface area (Å²) in [5.41, 5.74) is 0. The van der Waals surface area contributed by atoms with Crippen LogP contribution in [0.2, 0.25) is 0 Å². The molecule has 1 aromatic heterocycles. The Morgan fingerprint density at radius 3 is 3.27 bits per heavy atom. The highest BCUT2D eigenvalue weighted by atomic mass is 16.1. The maximum atomic E-state index is 11.3. The predicted octanol–water partition coefficient (Wildman–Crippen LogP) is 0.423. The third-order valence-electron chi connectivity index (χ3n) is 2.45. The van der Waals surface area contributed by atoms with Crippen LogP contribution in [0.15, 0.2) is 6.33 Å². The van der Waals surface area contributed by atoms with E-state index in [1.807, 2.05) is 4.68 Å². The Hall–Kier alpha value is -1.83. The molecular weight excluding hydrogens is 192 g/mol. The van der Waals surface area contributed by atoms with E-state index in [4.69, 9.17) is 0 Å². The Morgan fingerprint density at radius 1 is 1.73 bits per heavy atom. The van der Waals surface area contributed by atoms with Crippen molar-refractivity contribution in [3.63, 3.8) is 0 Å². The molecule has 0 bridgehead atoms. The van der Waals surface area contributed by atoms with Gasteiger partial charge in [0.25, 0.3) is 5.91 Å². The molecule has 0 fully saturated rings. The molecule has 1 aliphatic heterocycles. The third-order valence-corrected chi connectivity index (χ3v) is 2.45. The van der Waals surface area contributed by atoms with Crippen LogP contribution >= 0.6 is 0 Å². The summed E-state index contributed by atoms with van der Waals surface area (Å²) in [6, 6.07) is 0.221. The van der Waals surface area contributed by atoms with Gasteiger partial charge in [0.05, 0.1) is 12.1 Å². The molecule has 2 atom stereocenters. The zero-order valence-corrected chi connectivity index (χ0v) is 8.69. The summed E-state index contributed by atoms with van der Waals surface area (Å²) < 4.78 is 1.84. The first-order valence-corrected chi connectivity index (χ1v) is 4.85. The summed E-state index contributed by atoms with van der Waals surface area (Å²) in [7, 11) is 0. The van der Waals surface area contributed by atoms with Crippen molar-refractivity contribution < 1.29 is 4.79 Å². The van der Waals surface area contributed by atoms with Crippen LogP contribution in [-0.4, -0.2) is 20.7 Å². The van der Waals surface area contributed by atoms with Crippen LogP contribution in [0.5, 0.6) is 0 Å². The summed E-state index contributed by atoms with van der Waals surface area (Å²) in [5.74, 6) is 5.57. The summed E-state index contributed by atoms with van der Waals surface area (Å²) in [6.45, 7) is 3.69. The van der Waals surface area contributed by atoms with Gasteiger partial charge in [0.1, 0.15) is 12.2 Å². The van der Waals surface area contributed by atoms with Crippen molar-refractivity contribution in [3.8, 4) is 11.8 Å². The van der Waals surface area contributed by atoms with Gasteiger partial charge in [-0.2, -0.15) is 5.10 Å². The van der Waals surface area contributed by atoms with Gasteiger partial charge in [-0.05, 0) is 26.2 Å². The number of hydrogen-bond donors (Lipinski definition) is 1. The van der Waals surface area contributed by atoms with Gasteiger partial charge < -0.3 is 5.32 Å². The molecule has 0 aromatic carbocycles. The van der Waals surface area contributed by atoms with Gasteiger partial charge in [-0.1, -0.05) is 5.92 Å². The van der Waals surface area contributed by atoms with Gasteiger partial charge in [0.2, 0.25) is 0 Å². The van der Waals surface area contributed by atoms with E-state index in [1.165, 1.54) is 6.33 Å². The average molecular weight is 204 g/mol. The van der Waals surface area contributed by atoms with Crippen molar-refractivity contribution in [1.29, 1.82) is 0 Å². The number of nitrogens with one attached hydrogen (secondary N) is 1. The molecule has 5 heteroatoms. The Morgan fingerprint density at radius 2 is 2.53 bits per heavy atom. The maximum absolute atomic E-state index is 11.3. The van der Waals surface area contributed by atoms with E-state index in [1.54, 1.807) is 6.92 Å². The number of hydrogen-bond acceptors (Lipinski definition) is 3. The Bertz CT molecular complexity index is 440. The minimum absolute atomic E-state index is 0.0594. The van der Waals surface area contributed by atoms with Gasteiger partial charge in [-0.3, -0.25) is 4.79 Å². The molecule has 2 heterocycles. The standard InChI is InChI=1S/C10H12N4O/c1-3-4-9(15)13-8-5-7(2)14-10(8)11-6-12-14/h6-8H,5H2,1-2H3,(H,13,15). The molecule has 2 unspecified atom stereocenters. The minimum Gasteiger partial charge on any atom is -0.335 e. The molecule has 5 nitrogen and oxygen atoms in total. The van der Waals surface area contributed by atoms with E-state index in [0.29, 0.717) is 0 Å². The molecule has 1 N–H and O–H groups in total. The molecule has 0 aliphatic carbocycles. The van der Waals surface area contributed by atoms with E-state index >= 15 is 0 Å². The first kappa shape index (κ1) is 9.71. The fourth-order valence-electron chi connectivity index (χ4n) is 1.83. The molecule has 0 radical (unpaired) electrons. The highest BCUT2D eigenvalue weighted by Gasteiger charge is 2.30. The van der Waals surface area contributed by atoms with Crippen molar-refractivity contribution in [2.45, 2.75) is 32.4 Å². The topological polar surface area (TPSA) is 59.8 Å². The summed E-state index contributed by atoms with van der Waals surface area (Å²) in [5, 5.41) is 6.92. The molecule has 15 heavy (non-hydrogen) atoms. The highest BCUT2D eigenvalue weighted by Crippen LogP contribution is 2.30. The average Bonchev–Trinajstić information content (AvgIpc) is 2.73. The SMILES string of the molecule is CC#CC(=O)NC1CC(C)n2ncnc21.